The molecule has 3 rings (SSSR count). The lowest BCUT2D eigenvalue weighted by Crippen LogP contribution is -2.47. The van der Waals surface area contributed by atoms with Gasteiger partial charge in [-0.15, -0.1) is 0 Å². The van der Waals surface area contributed by atoms with E-state index in [0.717, 1.165) is 11.8 Å². The van der Waals surface area contributed by atoms with Gasteiger partial charge in [-0.2, -0.15) is 0 Å². The van der Waals surface area contributed by atoms with Crippen molar-refractivity contribution < 1.29 is 37.8 Å². The normalized spacial score (nSPS) is 18.3. The van der Waals surface area contributed by atoms with Crippen molar-refractivity contribution in [1.29, 1.82) is 0 Å². The molecular formula is C24H27N3O8S2. The summed E-state index contributed by atoms with van der Waals surface area (Å²) in [5.41, 5.74) is 1.15. The lowest BCUT2D eigenvalue weighted by molar-refractivity contribution is -0.149. The molecule has 0 aliphatic carbocycles. The number of carbonyl (C=O) groups is 4. The third-order valence-corrected chi connectivity index (χ3v) is 7.83. The van der Waals surface area contributed by atoms with Crippen molar-refractivity contribution in [2.75, 3.05) is 6.54 Å². The van der Waals surface area contributed by atoms with Crippen LogP contribution in [0.15, 0.2) is 53.4 Å². The summed E-state index contributed by atoms with van der Waals surface area (Å²) in [6, 6.07) is 10.1. The average molecular weight is 550 g/mol. The van der Waals surface area contributed by atoms with Crippen molar-refractivity contribution in [2.45, 2.75) is 48.4 Å². The van der Waals surface area contributed by atoms with Crippen molar-refractivity contribution in [2.24, 2.45) is 5.14 Å². The van der Waals surface area contributed by atoms with E-state index >= 15 is 0 Å². The Morgan fingerprint density at radius 3 is 2.38 bits per heavy atom. The minimum absolute atomic E-state index is 0.0156. The van der Waals surface area contributed by atoms with Crippen molar-refractivity contribution in [3.63, 3.8) is 0 Å². The van der Waals surface area contributed by atoms with Crippen LogP contribution >= 0.6 is 11.8 Å². The monoisotopic (exact) mass is 549 g/mol. The summed E-state index contributed by atoms with van der Waals surface area (Å²) in [6.07, 6.45) is 0.659. The SMILES string of the molecule is CC(=O)SC(Cc1ccc(S(N)(=O)=O)cc1)C(=O)NCC(=O)N1C(C(=O)O)CCC1c1cccc(O)c1. The molecule has 1 saturated heterocycles. The molecule has 0 saturated carbocycles. The van der Waals surface area contributed by atoms with Gasteiger partial charge in [0.15, 0.2) is 5.12 Å². The summed E-state index contributed by atoms with van der Waals surface area (Å²) in [6.45, 7) is 0.805. The molecular weight excluding hydrogens is 522 g/mol. The summed E-state index contributed by atoms with van der Waals surface area (Å²) in [7, 11) is -3.88. The zero-order valence-electron chi connectivity index (χ0n) is 19.9. The average Bonchev–Trinajstić information content (AvgIpc) is 3.27. The van der Waals surface area contributed by atoms with Gasteiger partial charge in [0, 0.05) is 6.92 Å². The first-order valence-corrected chi connectivity index (χ1v) is 13.7. The summed E-state index contributed by atoms with van der Waals surface area (Å²) in [4.78, 5) is 50.7. The van der Waals surface area contributed by atoms with E-state index in [4.69, 9.17) is 5.14 Å². The topological polar surface area (TPSA) is 184 Å². The van der Waals surface area contributed by atoms with Crippen LogP contribution in [0.3, 0.4) is 0 Å². The predicted octanol–water partition coefficient (Wildman–Crippen LogP) is 1.16. The Balaban J connectivity index is 1.72. The molecule has 13 heteroatoms. The minimum atomic E-state index is -3.88. The molecule has 1 aliphatic rings. The molecule has 0 bridgehead atoms. The number of likely N-dealkylation sites (tertiary alicyclic amines) is 1. The van der Waals surface area contributed by atoms with E-state index in [-0.39, 0.29) is 28.6 Å². The largest absolute Gasteiger partial charge is 0.508 e. The van der Waals surface area contributed by atoms with E-state index in [9.17, 15) is 37.8 Å². The van der Waals surface area contributed by atoms with Crippen LogP contribution in [0.2, 0.25) is 0 Å². The molecule has 1 fully saturated rings. The molecule has 1 aliphatic heterocycles. The van der Waals surface area contributed by atoms with E-state index in [1.54, 1.807) is 12.1 Å². The molecule has 2 aromatic carbocycles. The Bertz CT molecular complexity index is 1300. The first-order chi connectivity index (χ1) is 17.4. The number of hydrogen-bond donors (Lipinski definition) is 4. The number of hydrogen-bond acceptors (Lipinski definition) is 8. The van der Waals surface area contributed by atoms with Crippen LogP contribution in [0.4, 0.5) is 0 Å². The number of sulfonamides is 1. The van der Waals surface area contributed by atoms with Gasteiger partial charge in [0.1, 0.15) is 11.8 Å². The fourth-order valence-electron chi connectivity index (χ4n) is 4.25. The number of amides is 2. The van der Waals surface area contributed by atoms with Crippen LogP contribution in [0.25, 0.3) is 0 Å². The number of nitrogens with zero attached hydrogens (tertiary/aromatic N) is 1. The molecule has 3 atom stereocenters. The van der Waals surface area contributed by atoms with Gasteiger partial charge >= 0.3 is 5.97 Å². The highest BCUT2D eigenvalue weighted by atomic mass is 32.2. The number of thioether (sulfide) groups is 1. The van der Waals surface area contributed by atoms with Crippen molar-refractivity contribution >= 4 is 44.7 Å². The summed E-state index contributed by atoms with van der Waals surface area (Å²) in [5, 5.41) is 25.8. The third kappa shape index (κ3) is 7.31. The van der Waals surface area contributed by atoms with Crippen LogP contribution in [0.1, 0.15) is 36.9 Å². The smallest absolute Gasteiger partial charge is 0.326 e. The second-order valence-corrected chi connectivity index (χ2v) is 11.5. The highest BCUT2D eigenvalue weighted by Gasteiger charge is 2.41. The Morgan fingerprint density at radius 2 is 1.81 bits per heavy atom. The number of aliphatic carboxylic acids is 1. The van der Waals surface area contributed by atoms with Gasteiger partial charge in [-0.3, -0.25) is 14.4 Å². The van der Waals surface area contributed by atoms with Crippen LogP contribution in [0, 0.1) is 0 Å². The number of nitrogens with two attached hydrogens (primary N) is 1. The zero-order valence-corrected chi connectivity index (χ0v) is 21.5. The Labute approximate surface area is 218 Å². The highest BCUT2D eigenvalue weighted by molar-refractivity contribution is 8.14. The molecule has 11 nitrogen and oxygen atoms in total. The van der Waals surface area contributed by atoms with Gasteiger partial charge in [-0.1, -0.05) is 36.0 Å². The first kappa shape index (κ1) is 28.2. The van der Waals surface area contributed by atoms with Gasteiger partial charge < -0.3 is 20.4 Å². The van der Waals surface area contributed by atoms with Gasteiger partial charge in [0.05, 0.1) is 22.7 Å². The van der Waals surface area contributed by atoms with E-state index < -0.39 is 51.7 Å². The summed E-state index contributed by atoms with van der Waals surface area (Å²) < 4.78 is 22.9. The fourth-order valence-corrected chi connectivity index (χ4v) is 5.63. The maximum absolute atomic E-state index is 13.1. The van der Waals surface area contributed by atoms with E-state index in [1.165, 1.54) is 48.2 Å². The molecule has 0 aromatic heterocycles. The molecule has 198 valence electrons. The molecule has 1 heterocycles. The van der Waals surface area contributed by atoms with Gasteiger partial charge in [-0.05, 0) is 54.7 Å². The summed E-state index contributed by atoms with van der Waals surface area (Å²) >= 11 is 0.760. The summed E-state index contributed by atoms with van der Waals surface area (Å²) in [5.74, 6) is -2.41. The van der Waals surface area contributed by atoms with Crippen molar-refractivity contribution in [3.8, 4) is 5.75 Å². The number of carboxylic acids is 1. The van der Waals surface area contributed by atoms with E-state index in [0.29, 0.717) is 17.5 Å². The number of benzene rings is 2. The lowest BCUT2D eigenvalue weighted by Gasteiger charge is -2.29. The quantitative estimate of drug-likeness (QED) is 0.356. The second kappa shape index (κ2) is 11.8. The molecule has 0 radical (unpaired) electrons. The third-order valence-electron chi connectivity index (χ3n) is 5.90. The van der Waals surface area contributed by atoms with Crippen LogP contribution in [-0.4, -0.2) is 64.3 Å². The molecule has 5 N–H and O–H groups in total. The lowest BCUT2D eigenvalue weighted by atomic mass is 10.0. The van der Waals surface area contributed by atoms with E-state index in [2.05, 4.69) is 5.32 Å². The number of carboxylic acid groups (broad SMARTS) is 1. The molecule has 37 heavy (non-hydrogen) atoms. The number of nitrogens with one attached hydrogen (secondary N) is 1. The second-order valence-electron chi connectivity index (χ2n) is 8.55. The Hall–Kier alpha value is -3.42. The maximum Gasteiger partial charge on any atom is 0.326 e. The number of primary sulfonamides is 1. The number of phenols is 1. The van der Waals surface area contributed by atoms with Gasteiger partial charge in [0.2, 0.25) is 21.8 Å². The van der Waals surface area contributed by atoms with Crippen LogP contribution in [0.5, 0.6) is 5.75 Å². The molecule has 0 spiro atoms. The van der Waals surface area contributed by atoms with Crippen LogP contribution < -0.4 is 10.5 Å². The van der Waals surface area contributed by atoms with E-state index in [1.807, 2.05) is 0 Å². The van der Waals surface area contributed by atoms with Crippen molar-refractivity contribution in [1.82, 2.24) is 10.2 Å². The molecule has 2 aromatic rings. The van der Waals surface area contributed by atoms with Gasteiger partial charge in [-0.25, -0.2) is 18.4 Å². The predicted molar refractivity (Wildman–Crippen MR) is 135 cm³/mol. The standard InChI is InChI=1S/C24H27N3O8S2/c1-14(28)36-21(11-15-5-7-18(8-6-15)37(25,34)35)23(31)26-13-22(30)27-19(9-10-20(27)24(32)33)16-3-2-4-17(29)12-16/h2-8,12,19-21,29H,9-11,13H2,1H3,(H,26,31)(H,32,33)(H2,25,34,35). The zero-order chi connectivity index (χ0) is 27.3. The fraction of sp³-hybridized carbons (Fsp3) is 0.333. The molecule has 3 unspecified atom stereocenters. The number of aromatic hydroxyl groups is 1. The van der Waals surface area contributed by atoms with Gasteiger partial charge in [0.25, 0.3) is 0 Å². The number of carbonyl (C=O) groups excluding carboxylic acids is 3. The molecule has 2 amide bonds. The minimum Gasteiger partial charge on any atom is -0.508 e. The maximum atomic E-state index is 13.1. The number of phenolic OH excluding ortho intramolecular Hbond substituents is 1. The van der Waals surface area contributed by atoms with Crippen LogP contribution in [-0.2, 0) is 35.6 Å². The number of rotatable bonds is 9. The first-order valence-electron chi connectivity index (χ1n) is 11.3. The Kier molecular flexibility index (Phi) is 8.94. The highest BCUT2D eigenvalue weighted by Crippen LogP contribution is 2.37. The Morgan fingerprint density at radius 1 is 1.14 bits per heavy atom. The van der Waals surface area contributed by atoms with Crippen molar-refractivity contribution in [3.05, 3.63) is 59.7 Å².